The van der Waals surface area contributed by atoms with Gasteiger partial charge in [-0.2, -0.15) is 4.98 Å². The average molecular weight is 284 g/mol. The van der Waals surface area contributed by atoms with Gasteiger partial charge in [0.15, 0.2) is 0 Å². The Morgan fingerprint density at radius 1 is 1.29 bits per heavy atom. The number of nitrogens with zero attached hydrogens (tertiary/aromatic N) is 2. The molecule has 2 atom stereocenters. The van der Waals surface area contributed by atoms with E-state index in [0.29, 0.717) is 11.7 Å². The highest BCUT2D eigenvalue weighted by Crippen LogP contribution is 2.32. The van der Waals surface area contributed by atoms with E-state index in [4.69, 9.17) is 10.5 Å². The van der Waals surface area contributed by atoms with E-state index in [1.54, 1.807) is 12.4 Å². The minimum absolute atomic E-state index is 0.0406. The topological polar surface area (TPSA) is 73.1 Å². The highest BCUT2D eigenvalue weighted by atomic mass is 16.5. The van der Waals surface area contributed by atoms with Crippen LogP contribution in [0.3, 0.4) is 0 Å². The van der Waals surface area contributed by atoms with Gasteiger partial charge in [-0.3, -0.25) is 4.98 Å². The van der Waals surface area contributed by atoms with Crippen molar-refractivity contribution >= 4 is 5.82 Å². The van der Waals surface area contributed by atoms with Crippen molar-refractivity contribution in [2.24, 2.45) is 5.73 Å². The second-order valence-corrected chi connectivity index (χ2v) is 5.60. The van der Waals surface area contributed by atoms with Gasteiger partial charge in [0.25, 0.3) is 0 Å². The number of hydrogen-bond donors (Lipinski definition) is 2. The molecule has 1 aliphatic carbocycles. The molecule has 0 bridgehead atoms. The molecule has 0 amide bonds. The molecule has 2 unspecified atom stereocenters. The molecule has 0 saturated heterocycles. The van der Waals surface area contributed by atoms with E-state index in [1.807, 2.05) is 26.0 Å². The Balaban J connectivity index is 1.81. The monoisotopic (exact) mass is 284 g/mol. The quantitative estimate of drug-likeness (QED) is 0.901. The maximum absolute atomic E-state index is 6.25. The van der Waals surface area contributed by atoms with Crippen molar-refractivity contribution in [3.8, 4) is 5.88 Å². The molecule has 1 aromatic carbocycles. The van der Waals surface area contributed by atoms with Crippen LogP contribution < -0.4 is 15.8 Å². The van der Waals surface area contributed by atoms with Crippen LogP contribution in [0, 0.1) is 0 Å². The Kier molecular flexibility index (Phi) is 3.75. The fourth-order valence-corrected chi connectivity index (χ4v) is 2.69. The van der Waals surface area contributed by atoms with Gasteiger partial charge in [-0.15, -0.1) is 0 Å². The fraction of sp³-hybridized carbons (Fsp3) is 0.375. The Morgan fingerprint density at radius 2 is 2.10 bits per heavy atom. The molecule has 5 heteroatoms. The third-order valence-electron chi connectivity index (χ3n) is 3.55. The summed E-state index contributed by atoms with van der Waals surface area (Å²) in [5, 5.41) is 3.38. The lowest BCUT2D eigenvalue weighted by atomic mass is 10.1. The van der Waals surface area contributed by atoms with Gasteiger partial charge in [-0.05, 0) is 31.4 Å². The zero-order valence-electron chi connectivity index (χ0n) is 12.3. The van der Waals surface area contributed by atoms with Crippen LogP contribution in [0.1, 0.15) is 31.0 Å². The highest BCUT2D eigenvalue weighted by molar-refractivity contribution is 5.45. The molecule has 0 saturated carbocycles. The Hall–Kier alpha value is -2.14. The van der Waals surface area contributed by atoms with Crippen LogP contribution in [-0.2, 0) is 6.42 Å². The predicted octanol–water partition coefficient (Wildman–Crippen LogP) is 2.30. The first-order chi connectivity index (χ1) is 10.1. The number of nitrogens with one attached hydrogen (secondary N) is 1. The smallest absolute Gasteiger partial charge is 0.234 e. The molecule has 1 aliphatic rings. The predicted molar refractivity (Wildman–Crippen MR) is 82.3 cm³/mol. The van der Waals surface area contributed by atoms with Gasteiger partial charge in [0.2, 0.25) is 5.88 Å². The van der Waals surface area contributed by atoms with Gasteiger partial charge >= 0.3 is 0 Å². The first-order valence-electron chi connectivity index (χ1n) is 7.22. The second-order valence-electron chi connectivity index (χ2n) is 5.60. The molecule has 0 spiro atoms. The molecular weight excluding hydrogens is 264 g/mol. The Bertz CT molecular complexity index is 629. The number of anilines is 1. The average Bonchev–Trinajstić information content (AvgIpc) is 2.75. The summed E-state index contributed by atoms with van der Waals surface area (Å²) in [6.07, 6.45) is 4.27. The molecule has 0 aliphatic heterocycles. The van der Waals surface area contributed by atoms with E-state index in [9.17, 15) is 0 Å². The lowest BCUT2D eigenvalue weighted by Crippen LogP contribution is -2.30. The van der Waals surface area contributed by atoms with Crippen LogP contribution in [-0.4, -0.2) is 22.1 Å². The number of fused-ring (bicyclic) bond motifs is 1. The molecule has 3 N–H and O–H groups in total. The van der Waals surface area contributed by atoms with Crippen molar-refractivity contribution < 1.29 is 4.74 Å². The first-order valence-corrected chi connectivity index (χ1v) is 7.22. The Morgan fingerprint density at radius 3 is 2.90 bits per heavy atom. The standard InChI is InChI=1S/C16H20N4O/c1-10(2)21-15-9-18-8-14(19-15)20-16-12-6-4-3-5-11(12)7-13(16)17/h3-6,8-10,13,16H,7,17H2,1-2H3,(H,19,20). The molecule has 1 heterocycles. The van der Waals surface area contributed by atoms with E-state index in [2.05, 4.69) is 27.4 Å². The van der Waals surface area contributed by atoms with E-state index < -0.39 is 0 Å². The molecule has 5 nitrogen and oxygen atoms in total. The zero-order valence-corrected chi connectivity index (χ0v) is 12.3. The molecule has 0 radical (unpaired) electrons. The number of aromatic nitrogens is 2. The van der Waals surface area contributed by atoms with Crippen LogP contribution in [0.15, 0.2) is 36.7 Å². The number of ether oxygens (including phenoxy) is 1. The van der Waals surface area contributed by atoms with Crippen LogP contribution in [0.5, 0.6) is 5.88 Å². The number of benzene rings is 1. The van der Waals surface area contributed by atoms with Crippen molar-refractivity contribution in [2.75, 3.05) is 5.32 Å². The molecule has 21 heavy (non-hydrogen) atoms. The second kappa shape index (κ2) is 5.69. The SMILES string of the molecule is CC(C)Oc1cncc(NC2c3ccccc3CC2N)n1. The molecule has 2 aromatic rings. The summed E-state index contributed by atoms with van der Waals surface area (Å²) in [6.45, 7) is 3.93. The van der Waals surface area contributed by atoms with Gasteiger partial charge in [0, 0.05) is 6.04 Å². The summed E-state index contributed by atoms with van der Waals surface area (Å²) in [7, 11) is 0. The van der Waals surface area contributed by atoms with Crippen LogP contribution in [0.25, 0.3) is 0 Å². The van der Waals surface area contributed by atoms with E-state index in [1.165, 1.54) is 11.1 Å². The van der Waals surface area contributed by atoms with Crippen LogP contribution >= 0.6 is 0 Å². The maximum atomic E-state index is 6.25. The molecular formula is C16H20N4O. The summed E-state index contributed by atoms with van der Waals surface area (Å²) < 4.78 is 5.57. The molecule has 1 aromatic heterocycles. The highest BCUT2D eigenvalue weighted by Gasteiger charge is 2.29. The third-order valence-corrected chi connectivity index (χ3v) is 3.55. The van der Waals surface area contributed by atoms with Gasteiger partial charge in [0.05, 0.1) is 24.5 Å². The van der Waals surface area contributed by atoms with E-state index in [0.717, 1.165) is 6.42 Å². The van der Waals surface area contributed by atoms with Crippen molar-refractivity contribution in [1.29, 1.82) is 0 Å². The zero-order chi connectivity index (χ0) is 14.8. The van der Waals surface area contributed by atoms with Crippen molar-refractivity contribution in [2.45, 2.75) is 38.5 Å². The van der Waals surface area contributed by atoms with E-state index in [-0.39, 0.29) is 18.2 Å². The first kappa shape index (κ1) is 13.8. The Labute approximate surface area is 124 Å². The maximum Gasteiger partial charge on any atom is 0.234 e. The molecule has 110 valence electrons. The van der Waals surface area contributed by atoms with E-state index >= 15 is 0 Å². The van der Waals surface area contributed by atoms with Gasteiger partial charge in [-0.25, -0.2) is 0 Å². The minimum atomic E-state index is 0.0406. The number of rotatable bonds is 4. The summed E-state index contributed by atoms with van der Waals surface area (Å²) in [4.78, 5) is 8.60. The summed E-state index contributed by atoms with van der Waals surface area (Å²) in [5.41, 5.74) is 8.79. The molecule has 3 rings (SSSR count). The third kappa shape index (κ3) is 2.97. The van der Waals surface area contributed by atoms with Gasteiger partial charge in [-0.1, -0.05) is 24.3 Å². The van der Waals surface area contributed by atoms with Crippen molar-refractivity contribution in [3.05, 3.63) is 47.8 Å². The van der Waals surface area contributed by atoms with Crippen molar-refractivity contribution in [3.63, 3.8) is 0 Å². The van der Waals surface area contributed by atoms with Crippen LogP contribution in [0.4, 0.5) is 5.82 Å². The van der Waals surface area contributed by atoms with Crippen LogP contribution in [0.2, 0.25) is 0 Å². The largest absolute Gasteiger partial charge is 0.474 e. The lowest BCUT2D eigenvalue weighted by molar-refractivity contribution is 0.232. The minimum Gasteiger partial charge on any atom is -0.474 e. The fourth-order valence-electron chi connectivity index (χ4n) is 2.69. The molecule has 0 fully saturated rings. The summed E-state index contributed by atoms with van der Waals surface area (Å²) in [5.74, 6) is 1.21. The summed E-state index contributed by atoms with van der Waals surface area (Å²) in [6, 6.07) is 8.42. The van der Waals surface area contributed by atoms with Gasteiger partial charge in [0.1, 0.15) is 5.82 Å². The lowest BCUT2D eigenvalue weighted by Gasteiger charge is -2.19. The van der Waals surface area contributed by atoms with Gasteiger partial charge < -0.3 is 15.8 Å². The van der Waals surface area contributed by atoms with Crippen molar-refractivity contribution in [1.82, 2.24) is 9.97 Å². The number of hydrogen-bond acceptors (Lipinski definition) is 5. The normalized spacial score (nSPS) is 20.4. The number of nitrogens with two attached hydrogens (primary N) is 1. The summed E-state index contributed by atoms with van der Waals surface area (Å²) >= 11 is 0.